The maximum atomic E-state index is 12.3. The van der Waals surface area contributed by atoms with Gasteiger partial charge < -0.3 is 15.3 Å². The summed E-state index contributed by atoms with van der Waals surface area (Å²) in [5.41, 5.74) is 0.792. The molecule has 1 aliphatic heterocycles. The molecule has 21 heavy (non-hydrogen) atoms. The number of carbonyl (C=O) groups excluding carboxylic acids is 1. The minimum Gasteiger partial charge on any atom is -0.508 e. The molecule has 2 rings (SSSR count). The Balaban J connectivity index is 1.86. The van der Waals surface area contributed by atoms with Gasteiger partial charge in [-0.2, -0.15) is 0 Å². The normalized spacial score (nSPS) is 20.0. The highest BCUT2D eigenvalue weighted by Crippen LogP contribution is 2.24. The first-order chi connectivity index (χ1) is 10.1. The van der Waals surface area contributed by atoms with Crippen LogP contribution in [0.25, 0.3) is 0 Å². The average molecular weight is 290 g/mol. The van der Waals surface area contributed by atoms with E-state index in [1.807, 2.05) is 12.1 Å². The molecule has 1 aromatic rings. The van der Waals surface area contributed by atoms with Crippen LogP contribution in [-0.4, -0.2) is 36.1 Å². The summed E-state index contributed by atoms with van der Waals surface area (Å²) in [6, 6.07) is 7.18. The van der Waals surface area contributed by atoms with Crippen LogP contribution in [0.15, 0.2) is 24.3 Å². The topological polar surface area (TPSA) is 52.6 Å². The van der Waals surface area contributed by atoms with Crippen LogP contribution in [0.5, 0.6) is 5.75 Å². The molecule has 1 aromatic carbocycles. The number of hydrogen-bond acceptors (Lipinski definition) is 3. The number of carbonyl (C=O) groups is 1. The quantitative estimate of drug-likeness (QED) is 0.875. The van der Waals surface area contributed by atoms with Gasteiger partial charge in [-0.1, -0.05) is 25.1 Å². The van der Waals surface area contributed by atoms with Crippen molar-refractivity contribution in [1.29, 1.82) is 0 Å². The van der Waals surface area contributed by atoms with Gasteiger partial charge in [-0.3, -0.25) is 4.79 Å². The van der Waals surface area contributed by atoms with Crippen LogP contribution < -0.4 is 5.32 Å². The molecule has 1 aliphatic rings. The second-order valence-electron chi connectivity index (χ2n) is 6.17. The number of benzene rings is 1. The lowest BCUT2D eigenvalue weighted by molar-refractivity contribution is -0.131. The number of phenols is 1. The summed E-state index contributed by atoms with van der Waals surface area (Å²) in [4.78, 5) is 14.0. The number of para-hydroxylation sites is 1. The molecule has 0 bridgehead atoms. The summed E-state index contributed by atoms with van der Waals surface area (Å²) >= 11 is 0. The van der Waals surface area contributed by atoms with E-state index in [1.165, 1.54) is 12.8 Å². The van der Waals surface area contributed by atoms with E-state index in [4.69, 9.17) is 0 Å². The van der Waals surface area contributed by atoms with Gasteiger partial charge in [-0.25, -0.2) is 0 Å². The number of rotatable bonds is 5. The molecule has 1 saturated heterocycles. The Labute approximate surface area is 127 Å². The number of aromatic hydroxyl groups is 1. The molecule has 0 spiro atoms. The third-order valence-electron chi connectivity index (χ3n) is 4.46. The number of amides is 1. The fourth-order valence-electron chi connectivity index (χ4n) is 2.95. The summed E-state index contributed by atoms with van der Waals surface area (Å²) in [6.45, 7) is 4.76. The highest BCUT2D eigenvalue weighted by molar-refractivity contribution is 5.76. The number of nitrogens with one attached hydrogen (secondary N) is 1. The molecule has 116 valence electrons. The van der Waals surface area contributed by atoms with E-state index in [2.05, 4.69) is 12.2 Å². The van der Waals surface area contributed by atoms with Gasteiger partial charge in [0, 0.05) is 25.6 Å². The first-order valence-electron chi connectivity index (χ1n) is 7.79. The van der Waals surface area contributed by atoms with Crippen LogP contribution in [0, 0.1) is 11.8 Å². The minimum absolute atomic E-state index is 0.149. The van der Waals surface area contributed by atoms with Crippen LogP contribution in [0.3, 0.4) is 0 Å². The summed E-state index contributed by atoms with van der Waals surface area (Å²) < 4.78 is 0. The van der Waals surface area contributed by atoms with Crippen molar-refractivity contribution < 1.29 is 9.90 Å². The first-order valence-corrected chi connectivity index (χ1v) is 7.79. The third kappa shape index (κ3) is 4.46. The molecule has 2 atom stereocenters. The summed E-state index contributed by atoms with van der Waals surface area (Å²) in [5.74, 6) is 1.40. The largest absolute Gasteiger partial charge is 0.508 e. The summed E-state index contributed by atoms with van der Waals surface area (Å²) in [7, 11) is 1.81. The van der Waals surface area contributed by atoms with E-state index in [-0.39, 0.29) is 11.7 Å². The van der Waals surface area contributed by atoms with Crippen LogP contribution in [0.4, 0.5) is 0 Å². The summed E-state index contributed by atoms with van der Waals surface area (Å²) in [6.07, 6.45) is 3.00. The third-order valence-corrected chi connectivity index (χ3v) is 4.46. The highest BCUT2D eigenvalue weighted by atomic mass is 16.3. The lowest BCUT2D eigenvalue weighted by Gasteiger charge is -2.29. The molecule has 4 heteroatoms. The van der Waals surface area contributed by atoms with Gasteiger partial charge >= 0.3 is 0 Å². The minimum atomic E-state index is 0.149. The van der Waals surface area contributed by atoms with Gasteiger partial charge in [0.05, 0.1) is 0 Å². The zero-order valence-corrected chi connectivity index (χ0v) is 13.0. The Morgan fingerprint density at radius 3 is 2.90 bits per heavy atom. The van der Waals surface area contributed by atoms with E-state index >= 15 is 0 Å². The Hall–Kier alpha value is -1.55. The maximum Gasteiger partial charge on any atom is 0.222 e. The predicted octanol–water partition coefficient (Wildman–Crippen LogP) is 2.38. The molecule has 0 saturated carbocycles. The SMILES string of the molecule is CC(CC(=O)N(C)Cc1ccccc1O)C1CCCNC1. The number of hydrogen-bond donors (Lipinski definition) is 2. The van der Waals surface area contributed by atoms with Gasteiger partial charge in [-0.05, 0) is 43.8 Å². The van der Waals surface area contributed by atoms with Crippen molar-refractivity contribution in [3.63, 3.8) is 0 Å². The first kappa shape index (κ1) is 15.8. The van der Waals surface area contributed by atoms with Gasteiger partial charge in [-0.15, -0.1) is 0 Å². The number of piperidine rings is 1. The molecule has 1 amide bonds. The molecule has 2 N–H and O–H groups in total. The lowest BCUT2D eigenvalue weighted by atomic mass is 9.85. The summed E-state index contributed by atoms with van der Waals surface area (Å²) in [5, 5.41) is 13.2. The molecular weight excluding hydrogens is 264 g/mol. The standard InChI is InChI=1S/C17H26N2O2/c1-13(14-7-5-9-18-11-14)10-17(21)19(2)12-15-6-3-4-8-16(15)20/h3-4,6,8,13-14,18,20H,5,7,9-12H2,1-2H3. The van der Waals surface area contributed by atoms with Gasteiger partial charge in [0.2, 0.25) is 5.91 Å². The second kappa shape index (κ2) is 7.46. The molecule has 0 aromatic heterocycles. The van der Waals surface area contributed by atoms with Crippen molar-refractivity contribution in [2.24, 2.45) is 11.8 Å². The Bertz CT molecular complexity index is 470. The van der Waals surface area contributed by atoms with Gasteiger partial charge in [0.1, 0.15) is 5.75 Å². The molecule has 1 heterocycles. The molecular formula is C17H26N2O2. The monoisotopic (exact) mass is 290 g/mol. The fraction of sp³-hybridized carbons (Fsp3) is 0.588. The van der Waals surface area contributed by atoms with Crippen molar-refractivity contribution in [2.75, 3.05) is 20.1 Å². The number of phenolic OH excluding ortho intramolecular Hbond substituents is 1. The maximum absolute atomic E-state index is 12.3. The molecule has 0 aliphatic carbocycles. The van der Waals surface area contributed by atoms with Gasteiger partial charge in [0.25, 0.3) is 0 Å². The fourth-order valence-corrected chi connectivity index (χ4v) is 2.95. The number of nitrogens with zero attached hydrogens (tertiary/aromatic N) is 1. The second-order valence-corrected chi connectivity index (χ2v) is 6.17. The van der Waals surface area contributed by atoms with E-state index in [0.717, 1.165) is 18.7 Å². The van der Waals surface area contributed by atoms with Crippen molar-refractivity contribution in [1.82, 2.24) is 10.2 Å². The zero-order valence-electron chi connectivity index (χ0n) is 13.0. The Morgan fingerprint density at radius 2 is 2.24 bits per heavy atom. The van der Waals surface area contributed by atoms with E-state index in [1.54, 1.807) is 24.1 Å². The van der Waals surface area contributed by atoms with Crippen LogP contribution >= 0.6 is 0 Å². The van der Waals surface area contributed by atoms with E-state index in [0.29, 0.717) is 24.8 Å². The zero-order chi connectivity index (χ0) is 15.2. The van der Waals surface area contributed by atoms with E-state index < -0.39 is 0 Å². The Morgan fingerprint density at radius 1 is 1.48 bits per heavy atom. The molecule has 1 fully saturated rings. The van der Waals surface area contributed by atoms with Crippen molar-refractivity contribution in [3.8, 4) is 5.75 Å². The molecule has 0 radical (unpaired) electrons. The van der Waals surface area contributed by atoms with E-state index in [9.17, 15) is 9.90 Å². The smallest absolute Gasteiger partial charge is 0.222 e. The van der Waals surface area contributed by atoms with Crippen molar-refractivity contribution >= 4 is 5.91 Å². The lowest BCUT2D eigenvalue weighted by Crippen LogP contribution is -2.36. The molecule has 4 nitrogen and oxygen atoms in total. The van der Waals surface area contributed by atoms with Crippen LogP contribution in [0.2, 0.25) is 0 Å². The highest BCUT2D eigenvalue weighted by Gasteiger charge is 2.23. The predicted molar refractivity (Wildman–Crippen MR) is 84.0 cm³/mol. The van der Waals surface area contributed by atoms with Crippen molar-refractivity contribution in [3.05, 3.63) is 29.8 Å². The van der Waals surface area contributed by atoms with Crippen LogP contribution in [-0.2, 0) is 11.3 Å². The van der Waals surface area contributed by atoms with Gasteiger partial charge in [0.15, 0.2) is 0 Å². The Kier molecular flexibility index (Phi) is 5.62. The van der Waals surface area contributed by atoms with Crippen molar-refractivity contribution in [2.45, 2.75) is 32.7 Å². The molecule has 2 unspecified atom stereocenters. The average Bonchev–Trinajstić information content (AvgIpc) is 2.50. The van der Waals surface area contributed by atoms with Crippen LogP contribution in [0.1, 0.15) is 31.7 Å².